The number of piperidine rings is 1. The first kappa shape index (κ1) is 14.2. The summed E-state index contributed by atoms with van der Waals surface area (Å²) in [5, 5.41) is 18.7. The SMILES string of the molecule is O=[N+]([O-])c1cnc2ccc(Br)cc2c1NC1CCCNC1. The summed E-state index contributed by atoms with van der Waals surface area (Å²) in [7, 11) is 0. The Morgan fingerprint density at radius 1 is 1.48 bits per heavy atom. The molecule has 1 atom stereocenters. The monoisotopic (exact) mass is 350 g/mol. The fourth-order valence-electron chi connectivity index (χ4n) is 2.62. The molecular formula is C14H15BrN4O2. The van der Waals surface area contributed by atoms with Crippen LogP contribution in [-0.4, -0.2) is 29.0 Å². The van der Waals surface area contributed by atoms with Gasteiger partial charge in [0.15, 0.2) is 0 Å². The maximum Gasteiger partial charge on any atom is 0.311 e. The van der Waals surface area contributed by atoms with Gasteiger partial charge in [0.25, 0.3) is 0 Å². The van der Waals surface area contributed by atoms with Crippen LogP contribution in [0.5, 0.6) is 0 Å². The molecule has 1 aliphatic rings. The number of nitrogens with one attached hydrogen (secondary N) is 2. The highest BCUT2D eigenvalue weighted by Gasteiger charge is 2.22. The number of rotatable bonds is 3. The second-order valence-electron chi connectivity index (χ2n) is 5.12. The van der Waals surface area contributed by atoms with Gasteiger partial charge in [0, 0.05) is 22.4 Å². The van der Waals surface area contributed by atoms with E-state index in [9.17, 15) is 10.1 Å². The fourth-order valence-corrected chi connectivity index (χ4v) is 2.98. The Labute approximate surface area is 130 Å². The van der Waals surface area contributed by atoms with Gasteiger partial charge in [0.05, 0.1) is 10.4 Å². The molecule has 6 nitrogen and oxygen atoms in total. The van der Waals surface area contributed by atoms with E-state index in [2.05, 4.69) is 31.5 Å². The summed E-state index contributed by atoms with van der Waals surface area (Å²) in [6, 6.07) is 5.80. The Morgan fingerprint density at radius 3 is 3.05 bits per heavy atom. The van der Waals surface area contributed by atoms with E-state index in [4.69, 9.17) is 0 Å². The molecule has 1 aromatic carbocycles. The van der Waals surface area contributed by atoms with Crippen LogP contribution in [0.15, 0.2) is 28.9 Å². The van der Waals surface area contributed by atoms with Crippen molar-refractivity contribution in [1.82, 2.24) is 10.3 Å². The summed E-state index contributed by atoms with van der Waals surface area (Å²) in [6.45, 7) is 1.82. The summed E-state index contributed by atoms with van der Waals surface area (Å²) in [5.41, 5.74) is 1.32. The Hall–Kier alpha value is -1.73. The van der Waals surface area contributed by atoms with Crippen molar-refractivity contribution in [3.63, 3.8) is 0 Å². The largest absolute Gasteiger partial charge is 0.375 e. The molecule has 110 valence electrons. The predicted molar refractivity (Wildman–Crippen MR) is 85.6 cm³/mol. The van der Waals surface area contributed by atoms with E-state index in [1.807, 2.05) is 18.2 Å². The van der Waals surface area contributed by atoms with E-state index in [0.717, 1.165) is 41.3 Å². The number of aromatic nitrogens is 1. The van der Waals surface area contributed by atoms with E-state index in [1.54, 1.807) is 0 Å². The first-order chi connectivity index (χ1) is 10.1. The van der Waals surface area contributed by atoms with Crippen molar-refractivity contribution < 1.29 is 4.92 Å². The molecule has 0 radical (unpaired) electrons. The van der Waals surface area contributed by atoms with Gasteiger partial charge < -0.3 is 10.6 Å². The molecule has 1 unspecified atom stereocenters. The Bertz CT molecular complexity index is 686. The molecular weight excluding hydrogens is 336 g/mol. The maximum absolute atomic E-state index is 11.3. The molecule has 1 aromatic heterocycles. The molecule has 0 aliphatic carbocycles. The third-order valence-corrected chi connectivity index (χ3v) is 4.15. The zero-order valence-electron chi connectivity index (χ0n) is 11.3. The molecule has 0 saturated carbocycles. The first-order valence-corrected chi connectivity index (χ1v) is 7.64. The molecule has 2 heterocycles. The van der Waals surface area contributed by atoms with Gasteiger partial charge in [-0.25, -0.2) is 4.98 Å². The number of pyridine rings is 1. The zero-order valence-corrected chi connectivity index (χ0v) is 12.9. The van der Waals surface area contributed by atoms with Gasteiger partial charge in [-0.15, -0.1) is 0 Å². The van der Waals surface area contributed by atoms with Gasteiger partial charge >= 0.3 is 5.69 Å². The summed E-state index contributed by atoms with van der Waals surface area (Å²) in [4.78, 5) is 15.1. The number of nitrogens with zero attached hydrogens (tertiary/aromatic N) is 2. The van der Waals surface area contributed by atoms with Crippen molar-refractivity contribution >= 4 is 38.2 Å². The molecule has 7 heteroatoms. The van der Waals surface area contributed by atoms with E-state index in [1.165, 1.54) is 6.20 Å². The highest BCUT2D eigenvalue weighted by molar-refractivity contribution is 9.10. The zero-order chi connectivity index (χ0) is 14.8. The quantitative estimate of drug-likeness (QED) is 0.656. The molecule has 2 N–H and O–H groups in total. The Morgan fingerprint density at radius 2 is 2.33 bits per heavy atom. The second-order valence-corrected chi connectivity index (χ2v) is 6.04. The van der Waals surface area contributed by atoms with Crippen LogP contribution in [-0.2, 0) is 0 Å². The van der Waals surface area contributed by atoms with Crippen LogP contribution < -0.4 is 10.6 Å². The molecule has 3 rings (SSSR count). The van der Waals surface area contributed by atoms with Crippen molar-refractivity contribution in [2.75, 3.05) is 18.4 Å². The highest BCUT2D eigenvalue weighted by atomic mass is 79.9. The first-order valence-electron chi connectivity index (χ1n) is 6.85. The lowest BCUT2D eigenvalue weighted by Gasteiger charge is -2.25. The normalized spacial score (nSPS) is 18.6. The van der Waals surface area contributed by atoms with Crippen molar-refractivity contribution in [2.45, 2.75) is 18.9 Å². The number of nitro groups is 1. The number of hydrogen-bond acceptors (Lipinski definition) is 5. The van der Waals surface area contributed by atoms with E-state index in [0.29, 0.717) is 5.69 Å². The van der Waals surface area contributed by atoms with Crippen LogP contribution in [0.4, 0.5) is 11.4 Å². The minimum Gasteiger partial charge on any atom is -0.375 e. The van der Waals surface area contributed by atoms with Gasteiger partial charge in [-0.05, 0) is 37.6 Å². The molecule has 21 heavy (non-hydrogen) atoms. The van der Waals surface area contributed by atoms with Crippen LogP contribution >= 0.6 is 15.9 Å². The molecule has 0 spiro atoms. The standard InChI is InChI=1S/C14H15BrN4O2/c15-9-3-4-12-11(6-9)14(13(8-17-12)19(20)21)18-10-2-1-5-16-7-10/h3-4,6,8,10,16H,1-2,5,7H2,(H,17,18). The lowest BCUT2D eigenvalue weighted by Crippen LogP contribution is -2.38. The maximum atomic E-state index is 11.3. The summed E-state index contributed by atoms with van der Waals surface area (Å²) in [5.74, 6) is 0. The van der Waals surface area contributed by atoms with Gasteiger partial charge in [-0.2, -0.15) is 0 Å². The van der Waals surface area contributed by atoms with Crippen molar-refractivity contribution in [3.8, 4) is 0 Å². The summed E-state index contributed by atoms with van der Waals surface area (Å²) < 4.78 is 0.877. The Kier molecular flexibility index (Phi) is 4.03. The summed E-state index contributed by atoms with van der Waals surface area (Å²) >= 11 is 3.42. The number of hydrogen-bond donors (Lipinski definition) is 2. The van der Waals surface area contributed by atoms with Crippen molar-refractivity contribution in [3.05, 3.63) is 39.0 Å². The third kappa shape index (κ3) is 2.98. The topological polar surface area (TPSA) is 80.1 Å². The minimum atomic E-state index is -0.383. The minimum absolute atomic E-state index is 0.0196. The molecule has 2 aromatic rings. The molecule has 0 amide bonds. The van der Waals surface area contributed by atoms with Crippen LogP contribution in [0, 0.1) is 10.1 Å². The molecule has 0 bridgehead atoms. The van der Waals surface area contributed by atoms with Crippen LogP contribution in [0.2, 0.25) is 0 Å². The lowest BCUT2D eigenvalue weighted by atomic mass is 10.1. The number of halogens is 1. The highest BCUT2D eigenvalue weighted by Crippen LogP contribution is 2.34. The van der Waals surface area contributed by atoms with E-state index >= 15 is 0 Å². The fraction of sp³-hybridized carbons (Fsp3) is 0.357. The van der Waals surface area contributed by atoms with Gasteiger partial charge in [0.1, 0.15) is 11.9 Å². The number of fused-ring (bicyclic) bond motifs is 1. The average Bonchev–Trinajstić information content (AvgIpc) is 2.48. The van der Waals surface area contributed by atoms with Crippen LogP contribution in [0.3, 0.4) is 0 Å². The predicted octanol–water partition coefficient (Wildman–Crippen LogP) is 3.07. The third-order valence-electron chi connectivity index (χ3n) is 3.65. The smallest absolute Gasteiger partial charge is 0.311 e. The second kappa shape index (κ2) is 5.95. The molecule has 1 fully saturated rings. The number of anilines is 1. The molecule has 1 saturated heterocycles. The number of benzene rings is 1. The van der Waals surface area contributed by atoms with Gasteiger partial charge in [0.2, 0.25) is 0 Å². The van der Waals surface area contributed by atoms with Crippen LogP contribution in [0.1, 0.15) is 12.8 Å². The average molecular weight is 351 g/mol. The van der Waals surface area contributed by atoms with Gasteiger partial charge in [-0.1, -0.05) is 15.9 Å². The molecule has 1 aliphatic heterocycles. The van der Waals surface area contributed by atoms with E-state index < -0.39 is 0 Å². The lowest BCUT2D eigenvalue weighted by molar-refractivity contribution is -0.384. The van der Waals surface area contributed by atoms with E-state index in [-0.39, 0.29) is 16.7 Å². The van der Waals surface area contributed by atoms with Crippen LogP contribution in [0.25, 0.3) is 10.9 Å². The Balaban J connectivity index is 2.08. The van der Waals surface area contributed by atoms with Gasteiger partial charge in [-0.3, -0.25) is 10.1 Å². The van der Waals surface area contributed by atoms with Crippen molar-refractivity contribution in [1.29, 1.82) is 0 Å². The van der Waals surface area contributed by atoms with Crippen molar-refractivity contribution in [2.24, 2.45) is 0 Å². The summed E-state index contributed by atoms with van der Waals surface area (Å²) in [6.07, 6.45) is 3.40.